The highest BCUT2D eigenvalue weighted by Gasteiger charge is 2.29. The van der Waals surface area contributed by atoms with Crippen molar-refractivity contribution in [3.05, 3.63) is 51.4 Å². The molecule has 0 radical (unpaired) electrons. The van der Waals surface area contributed by atoms with Crippen LogP contribution in [0.4, 0.5) is 5.82 Å². The van der Waals surface area contributed by atoms with Gasteiger partial charge in [0.15, 0.2) is 0 Å². The molecule has 1 fully saturated rings. The van der Waals surface area contributed by atoms with Crippen LogP contribution in [0, 0.1) is 26.7 Å². The summed E-state index contributed by atoms with van der Waals surface area (Å²) in [7, 11) is 0. The molecule has 1 N–H and O–H groups in total. The average molecular weight is 457 g/mol. The van der Waals surface area contributed by atoms with Crippen LogP contribution >= 0.6 is 15.9 Å². The number of aromatic nitrogens is 2. The maximum atomic E-state index is 12.8. The molecule has 2 aromatic heterocycles. The second-order valence-corrected chi connectivity index (χ2v) is 8.61. The third-order valence-corrected chi connectivity index (χ3v) is 6.06. The lowest BCUT2D eigenvalue weighted by atomic mass is 9.96. The van der Waals surface area contributed by atoms with Gasteiger partial charge in [-0.05, 0) is 51.3 Å². The molecule has 29 heavy (non-hydrogen) atoms. The lowest BCUT2D eigenvalue weighted by Crippen LogP contribution is -2.43. The normalized spacial score (nSPS) is 17.0. The first kappa shape index (κ1) is 19.9. The Morgan fingerprint density at radius 2 is 2.14 bits per heavy atom. The maximum absolute atomic E-state index is 12.8. The molecule has 1 aliphatic heterocycles. The predicted molar refractivity (Wildman–Crippen MR) is 117 cm³/mol. The van der Waals surface area contributed by atoms with Gasteiger partial charge in [0.1, 0.15) is 17.4 Å². The quantitative estimate of drug-likeness (QED) is 0.627. The lowest BCUT2D eigenvalue weighted by Gasteiger charge is -2.33. The Bertz CT molecular complexity index is 1060. The Morgan fingerprint density at radius 1 is 1.31 bits per heavy atom. The number of benzene rings is 1. The van der Waals surface area contributed by atoms with Crippen molar-refractivity contribution in [2.45, 2.75) is 40.2 Å². The van der Waals surface area contributed by atoms with Gasteiger partial charge in [-0.3, -0.25) is 4.79 Å². The van der Waals surface area contributed by atoms with Crippen molar-refractivity contribution in [1.29, 1.82) is 0 Å². The number of aryl methyl sites for hydroxylation is 3. The number of fused-ring (bicyclic) bond motifs is 1. The number of rotatable bonds is 4. The standard InChI is InChI=1S/C22H25BrN4O2/c1-13-14(2)29-22-19(13)20(25-15(3)26-22)27-9-5-7-17(12-27)21(28)24-11-16-6-4-8-18(23)10-16/h4,6,8,10,17H,5,7,9,11-12H2,1-3H3,(H,24,28)/t17-/m0/s1. The van der Waals surface area contributed by atoms with E-state index in [2.05, 4.69) is 31.1 Å². The first-order valence-corrected chi connectivity index (χ1v) is 10.7. The Labute approximate surface area is 178 Å². The number of nitrogens with zero attached hydrogens (tertiary/aromatic N) is 3. The molecule has 0 aliphatic carbocycles. The molecule has 152 valence electrons. The highest BCUT2D eigenvalue weighted by atomic mass is 79.9. The largest absolute Gasteiger partial charge is 0.443 e. The second kappa shape index (κ2) is 8.14. The van der Waals surface area contributed by atoms with E-state index in [1.807, 2.05) is 45.0 Å². The number of piperidine rings is 1. The van der Waals surface area contributed by atoms with Crippen molar-refractivity contribution in [1.82, 2.24) is 15.3 Å². The van der Waals surface area contributed by atoms with Gasteiger partial charge in [0, 0.05) is 29.7 Å². The van der Waals surface area contributed by atoms with Crippen molar-refractivity contribution in [2.24, 2.45) is 5.92 Å². The molecule has 3 aromatic rings. The molecule has 1 atom stereocenters. The number of furan rings is 1. The number of carbonyl (C=O) groups is 1. The zero-order valence-electron chi connectivity index (χ0n) is 17.0. The van der Waals surface area contributed by atoms with Crippen LogP contribution in [0.2, 0.25) is 0 Å². The molecule has 3 heterocycles. The number of nitrogens with one attached hydrogen (secondary N) is 1. The molecule has 0 bridgehead atoms. The fourth-order valence-electron chi connectivity index (χ4n) is 3.93. The fourth-order valence-corrected chi connectivity index (χ4v) is 4.37. The van der Waals surface area contributed by atoms with E-state index in [-0.39, 0.29) is 11.8 Å². The van der Waals surface area contributed by atoms with E-state index in [9.17, 15) is 4.79 Å². The molecule has 1 saturated heterocycles. The van der Waals surface area contributed by atoms with Gasteiger partial charge in [-0.2, -0.15) is 4.98 Å². The third kappa shape index (κ3) is 4.15. The highest BCUT2D eigenvalue weighted by Crippen LogP contribution is 2.33. The van der Waals surface area contributed by atoms with Crippen molar-refractivity contribution >= 4 is 38.8 Å². The summed E-state index contributed by atoms with van der Waals surface area (Å²) in [5.41, 5.74) is 2.78. The first-order valence-electron chi connectivity index (χ1n) is 9.94. The molecule has 7 heteroatoms. The Hall–Kier alpha value is -2.41. The van der Waals surface area contributed by atoms with Crippen LogP contribution in [0.3, 0.4) is 0 Å². The highest BCUT2D eigenvalue weighted by molar-refractivity contribution is 9.10. The zero-order chi connectivity index (χ0) is 20.5. The van der Waals surface area contributed by atoms with E-state index in [1.165, 1.54) is 0 Å². The number of carbonyl (C=O) groups excluding carboxylic acids is 1. The number of amides is 1. The molecule has 0 spiro atoms. The smallest absolute Gasteiger partial charge is 0.231 e. The van der Waals surface area contributed by atoms with Crippen LogP contribution < -0.4 is 10.2 Å². The Kier molecular flexibility index (Phi) is 5.58. The third-order valence-electron chi connectivity index (χ3n) is 5.57. The van der Waals surface area contributed by atoms with E-state index < -0.39 is 0 Å². The van der Waals surface area contributed by atoms with Crippen LogP contribution in [0.15, 0.2) is 33.2 Å². The average Bonchev–Trinajstić information content (AvgIpc) is 2.99. The molecular formula is C22H25BrN4O2. The Morgan fingerprint density at radius 3 is 2.93 bits per heavy atom. The Balaban J connectivity index is 1.51. The van der Waals surface area contributed by atoms with Gasteiger partial charge in [0.2, 0.25) is 11.6 Å². The molecule has 1 aliphatic rings. The summed E-state index contributed by atoms with van der Waals surface area (Å²) in [6, 6.07) is 8.00. The monoisotopic (exact) mass is 456 g/mol. The van der Waals surface area contributed by atoms with Gasteiger partial charge in [0.05, 0.1) is 11.3 Å². The van der Waals surface area contributed by atoms with Gasteiger partial charge >= 0.3 is 0 Å². The van der Waals surface area contributed by atoms with E-state index in [0.29, 0.717) is 24.6 Å². The van der Waals surface area contributed by atoms with Gasteiger partial charge in [-0.1, -0.05) is 28.1 Å². The molecule has 0 unspecified atom stereocenters. The number of hydrogen-bond donors (Lipinski definition) is 1. The van der Waals surface area contributed by atoms with Gasteiger partial charge in [-0.15, -0.1) is 0 Å². The van der Waals surface area contributed by atoms with Crippen LogP contribution in [-0.2, 0) is 11.3 Å². The van der Waals surface area contributed by atoms with Crippen LogP contribution in [0.5, 0.6) is 0 Å². The topological polar surface area (TPSA) is 71.3 Å². The lowest BCUT2D eigenvalue weighted by molar-refractivity contribution is -0.125. The summed E-state index contributed by atoms with van der Waals surface area (Å²) in [4.78, 5) is 24.2. The summed E-state index contributed by atoms with van der Waals surface area (Å²) in [5, 5.41) is 4.06. The predicted octanol–water partition coefficient (Wildman–Crippen LogP) is 4.44. The van der Waals surface area contributed by atoms with Crippen LogP contribution in [0.25, 0.3) is 11.1 Å². The van der Waals surface area contributed by atoms with Gasteiger partial charge in [-0.25, -0.2) is 4.98 Å². The van der Waals surface area contributed by atoms with Gasteiger partial charge < -0.3 is 14.6 Å². The second-order valence-electron chi connectivity index (χ2n) is 7.69. The van der Waals surface area contributed by atoms with E-state index in [4.69, 9.17) is 9.40 Å². The number of halogens is 1. The van der Waals surface area contributed by atoms with Gasteiger partial charge in [0.25, 0.3) is 0 Å². The summed E-state index contributed by atoms with van der Waals surface area (Å²) in [6.45, 7) is 7.93. The SMILES string of the molecule is Cc1nc(N2CCC[C@H](C(=O)NCc3cccc(Br)c3)C2)c2c(C)c(C)oc2n1. The minimum absolute atomic E-state index is 0.0606. The first-order chi connectivity index (χ1) is 13.9. The minimum Gasteiger partial charge on any atom is -0.443 e. The summed E-state index contributed by atoms with van der Waals surface area (Å²) in [6.07, 6.45) is 1.84. The summed E-state index contributed by atoms with van der Waals surface area (Å²) < 4.78 is 6.84. The molecular weight excluding hydrogens is 432 g/mol. The molecule has 0 saturated carbocycles. The number of hydrogen-bond acceptors (Lipinski definition) is 5. The van der Waals surface area contributed by atoms with Crippen molar-refractivity contribution in [2.75, 3.05) is 18.0 Å². The fraction of sp³-hybridized carbons (Fsp3) is 0.409. The maximum Gasteiger partial charge on any atom is 0.231 e. The van der Waals surface area contributed by atoms with E-state index in [1.54, 1.807) is 0 Å². The minimum atomic E-state index is -0.0606. The van der Waals surface area contributed by atoms with Crippen molar-refractivity contribution in [3.63, 3.8) is 0 Å². The molecule has 1 aromatic carbocycles. The van der Waals surface area contributed by atoms with E-state index >= 15 is 0 Å². The number of anilines is 1. The van der Waals surface area contributed by atoms with Crippen molar-refractivity contribution in [3.8, 4) is 0 Å². The summed E-state index contributed by atoms with van der Waals surface area (Å²) in [5.74, 6) is 2.46. The molecule has 1 amide bonds. The molecule has 4 rings (SSSR count). The van der Waals surface area contributed by atoms with E-state index in [0.717, 1.165) is 52.0 Å². The van der Waals surface area contributed by atoms with Crippen LogP contribution in [-0.4, -0.2) is 29.0 Å². The van der Waals surface area contributed by atoms with Crippen molar-refractivity contribution < 1.29 is 9.21 Å². The van der Waals surface area contributed by atoms with Crippen LogP contribution in [0.1, 0.15) is 35.6 Å². The molecule has 6 nitrogen and oxygen atoms in total. The zero-order valence-corrected chi connectivity index (χ0v) is 18.5. The summed E-state index contributed by atoms with van der Waals surface area (Å²) >= 11 is 3.47.